The van der Waals surface area contributed by atoms with Gasteiger partial charge in [-0.15, -0.1) is 0 Å². The van der Waals surface area contributed by atoms with E-state index in [-0.39, 0.29) is 28.6 Å². The van der Waals surface area contributed by atoms with E-state index in [2.05, 4.69) is 10.3 Å². The van der Waals surface area contributed by atoms with Crippen molar-refractivity contribution in [2.75, 3.05) is 11.1 Å². The van der Waals surface area contributed by atoms with Crippen molar-refractivity contribution in [3.8, 4) is 0 Å². The molecular weight excluding hydrogens is 456 g/mol. The minimum absolute atomic E-state index is 0.000212. The number of nitrogens with one attached hydrogen (secondary N) is 1. The summed E-state index contributed by atoms with van der Waals surface area (Å²) in [6.45, 7) is 0. The minimum Gasteiger partial charge on any atom is -0.366 e. The Kier molecular flexibility index (Phi) is 6.82. The van der Waals surface area contributed by atoms with Crippen molar-refractivity contribution in [2.45, 2.75) is 43.0 Å². The zero-order valence-electron chi connectivity index (χ0n) is 19.0. The fourth-order valence-electron chi connectivity index (χ4n) is 4.14. The van der Waals surface area contributed by atoms with Crippen LogP contribution in [0.3, 0.4) is 0 Å². The zero-order chi connectivity index (χ0) is 24.4. The molecule has 0 spiro atoms. The van der Waals surface area contributed by atoms with Crippen LogP contribution in [0.15, 0.2) is 38.9 Å². The predicted molar refractivity (Wildman–Crippen MR) is 130 cm³/mol. The van der Waals surface area contributed by atoms with Crippen LogP contribution in [0.5, 0.6) is 0 Å². The Bertz CT molecular complexity index is 1370. The molecular formula is C23H26N6O4S. The van der Waals surface area contributed by atoms with Crippen molar-refractivity contribution < 1.29 is 9.59 Å². The Morgan fingerprint density at radius 3 is 2.38 bits per heavy atom. The molecule has 2 heterocycles. The number of fused-ring (bicyclic) bond motifs is 1. The first-order valence-corrected chi connectivity index (χ1v) is 12.0. The van der Waals surface area contributed by atoms with Crippen LogP contribution < -0.4 is 22.3 Å². The number of nitrogens with two attached hydrogens (primary N) is 1. The van der Waals surface area contributed by atoms with Crippen molar-refractivity contribution in [3.63, 3.8) is 0 Å². The molecule has 3 aromatic rings. The molecule has 11 heteroatoms. The quantitative estimate of drug-likeness (QED) is 0.404. The lowest BCUT2D eigenvalue weighted by Gasteiger charge is -2.21. The van der Waals surface area contributed by atoms with Gasteiger partial charge in [0.2, 0.25) is 11.8 Å². The van der Waals surface area contributed by atoms with E-state index in [1.54, 1.807) is 19.2 Å². The first-order chi connectivity index (χ1) is 16.3. The fraction of sp³-hybridized carbons (Fsp3) is 0.391. The highest BCUT2D eigenvalue weighted by Crippen LogP contribution is 2.33. The normalized spacial score (nSPS) is 14.3. The molecule has 0 saturated heterocycles. The summed E-state index contributed by atoms with van der Waals surface area (Å²) in [4.78, 5) is 58.6. The second kappa shape index (κ2) is 9.80. The lowest BCUT2D eigenvalue weighted by Crippen LogP contribution is -2.38. The van der Waals surface area contributed by atoms with Crippen LogP contribution in [0.25, 0.3) is 11.0 Å². The first kappa shape index (κ1) is 23.7. The van der Waals surface area contributed by atoms with Crippen molar-refractivity contribution in [1.82, 2.24) is 19.1 Å². The molecule has 3 N–H and O–H groups in total. The Balaban J connectivity index is 1.64. The summed E-state index contributed by atoms with van der Waals surface area (Å²) in [5.41, 5.74) is 5.44. The van der Waals surface area contributed by atoms with Gasteiger partial charge in [0.15, 0.2) is 5.65 Å². The Hall–Kier alpha value is -3.47. The zero-order valence-corrected chi connectivity index (χ0v) is 19.9. The predicted octanol–water partition coefficient (Wildman–Crippen LogP) is 1.90. The van der Waals surface area contributed by atoms with Crippen LogP contribution in [-0.4, -0.2) is 36.7 Å². The number of benzene rings is 1. The van der Waals surface area contributed by atoms with Crippen molar-refractivity contribution >= 4 is 40.3 Å². The Morgan fingerprint density at radius 1 is 1.06 bits per heavy atom. The second-order valence-electron chi connectivity index (χ2n) is 8.40. The molecule has 2 amide bonds. The number of rotatable bonds is 6. The van der Waals surface area contributed by atoms with E-state index in [9.17, 15) is 19.2 Å². The summed E-state index contributed by atoms with van der Waals surface area (Å²) < 4.78 is 2.38. The highest BCUT2D eigenvalue weighted by Gasteiger charge is 2.23. The molecule has 1 fully saturated rings. The van der Waals surface area contributed by atoms with Gasteiger partial charge in [-0.3, -0.25) is 23.5 Å². The fourth-order valence-corrected chi connectivity index (χ4v) is 4.96. The van der Waals surface area contributed by atoms with Crippen molar-refractivity contribution in [2.24, 2.45) is 19.8 Å². The van der Waals surface area contributed by atoms with Gasteiger partial charge in [-0.05, 0) is 37.1 Å². The molecule has 2 aromatic heterocycles. The van der Waals surface area contributed by atoms with E-state index in [1.165, 1.54) is 30.2 Å². The third kappa shape index (κ3) is 4.74. The molecule has 0 atom stereocenters. The number of aryl methyl sites for hydroxylation is 1. The van der Waals surface area contributed by atoms with Gasteiger partial charge in [0.25, 0.3) is 5.56 Å². The van der Waals surface area contributed by atoms with Crippen molar-refractivity contribution in [1.29, 1.82) is 0 Å². The maximum absolute atomic E-state index is 13.0. The lowest BCUT2D eigenvalue weighted by molar-refractivity contribution is -0.113. The number of primary amides is 1. The minimum atomic E-state index is -0.547. The number of aromatic nitrogens is 4. The molecule has 10 nitrogen and oxygen atoms in total. The van der Waals surface area contributed by atoms with E-state index in [4.69, 9.17) is 10.7 Å². The van der Waals surface area contributed by atoms with Crippen LogP contribution in [-0.2, 0) is 18.9 Å². The standard InChI is InChI=1S/C23H26N6O4S/c1-28-20-17(22(32)29(2)23(28)33)21(27-19(26-20)14-6-4-3-5-7-14)34-12-16(30)25-15-10-8-13(9-11-15)18(24)31/h8-11,14H,3-7,12H2,1-2H3,(H2,24,31)(H,25,30). The summed E-state index contributed by atoms with van der Waals surface area (Å²) in [6, 6.07) is 6.25. The van der Waals surface area contributed by atoms with E-state index < -0.39 is 17.2 Å². The number of amides is 2. The van der Waals surface area contributed by atoms with E-state index in [1.807, 2.05) is 0 Å². The highest BCUT2D eigenvalue weighted by molar-refractivity contribution is 8.00. The average molecular weight is 483 g/mol. The van der Waals surface area contributed by atoms with Gasteiger partial charge < -0.3 is 11.1 Å². The summed E-state index contributed by atoms with van der Waals surface area (Å²) in [6.07, 6.45) is 5.25. The SMILES string of the molecule is Cn1c(=O)c2c(SCC(=O)Nc3ccc(C(N)=O)cc3)nc(C3CCCCC3)nc2n(C)c1=O. The van der Waals surface area contributed by atoms with Crippen LogP contribution in [0.2, 0.25) is 0 Å². The molecule has 178 valence electrons. The topological polar surface area (TPSA) is 142 Å². The third-order valence-electron chi connectivity index (χ3n) is 6.05. The molecule has 4 rings (SSSR count). The van der Waals surface area contributed by atoms with Crippen LogP contribution in [0, 0.1) is 0 Å². The lowest BCUT2D eigenvalue weighted by atomic mass is 9.89. The van der Waals surface area contributed by atoms with Gasteiger partial charge in [-0.2, -0.15) is 0 Å². The van der Waals surface area contributed by atoms with E-state index >= 15 is 0 Å². The van der Waals surface area contributed by atoms with Gasteiger partial charge >= 0.3 is 5.69 Å². The molecule has 0 radical (unpaired) electrons. The molecule has 0 bridgehead atoms. The van der Waals surface area contributed by atoms with Crippen LogP contribution in [0.4, 0.5) is 5.69 Å². The summed E-state index contributed by atoms with van der Waals surface area (Å²) in [7, 11) is 2.99. The van der Waals surface area contributed by atoms with Gasteiger partial charge in [0.1, 0.15) is 16.2 Å². The average Bonchev–Trinajstić information content (AvgIpc) is 2.85. The maximum Gasteiger partial charge on any atom is 0.332 e. The second-order valence-corrected chi connectivity index (χ2v) is 9.37. The summed E-state index contributed by atoms with van der Waals surface area (Å²) in [5, 5.41) is 3.38. The highest BCUT2D eigenvalue weighted by atomic mass is 32.2. The Morgan fingerprint density at radius 2 is 1.74 bits per heavy atom. The van der Waals surface area contributed by atoms with E-state index in [0.717, 1.165) is 42.0 Å². The van der Waals surface area contributed by atoms with Gasteiger partial charge in [0.05, 0.1) is 5.75 Å². The molecule has 1 aliphatic carbocycles. The number of anilines is 1. The molecule has 1 saturated carbocycles. The monoisotopic (exact) mass is 482 g/mol. The third-order valence-corrected chi connectivity index (χ3v) is 7.02. The largest absolute Gasteiger partial charge is 0.366 e. The number of thioether (sulfide) groups is 1. The molecule has 1 aromatic carbocycles. The first-order valence-electron chi connectivity index (χ1n) is 11.1. The molecule has 1 aliphatic rings. The van der Waals surface area contributed by atoms with Gasteiger partial charge in [0, 0.05) is 31.3 Å². The number of hydrogen-bond acceptors (Lipinski definition) is 7. The smallest absolute Gasteiger partial charge is 0.332 e. The van der Waals surface area contributed by atoms with Crippen LogP contribution >= 0.6 is 11.8 Å². The maximum atomic E-state index is 13.0. The van der Waals surface area contributed by atoms with Crippen LogP contribution in [0.1, 0.15) is 54.2 Å². The van der Waals surface area contributed by atoms with E-state index in [0.29, 0.717) is 22.1 Å². The molecule has 0 unspecified atom stereocenters. The van der Waals surface area contributed by atoms with Gasteiger partial charge in [-0.25, -0.2) is 14.8 Å². The summed E-state index contributed by atoms with van der Waals surface area (Å²) in [5.74, 6) is -0.0762. The Labute approximate surface area is 199 Å². The number of nitrogens with zero attached hydrogens (tertiary/aromatic N) is 4. The summed E-state index contributed by atoms with van der Waals surface area (Å²) >= 11 is 1.13. The molecule has 0 aliphatic heterocycles. The van der Waals surface area contributed by atoms with Gasteiger partial charge in [-0.1, -0.05) is 31.0 Å². The number of carbonyl (C=O) groups excluding carboxylic acids is 2. The molecule has 34 heavy (non-hydrogen) atoms. The van der Waals surface area contributed by atoms with Crippen molar-refractivity contribution in [3.05, 3.63) is 56.5 Å². The number of carbonyl (C=O) groups is 2. The number of hydrogen-bond donors (Lipinski definition) is 2.